The third-order valence-corrected chi connectivity index (χ3v) is 7.47. The number of hydrogen-bond donors (Lipinski definition) is 2. The monoisotopic (exact) mass is 402 g/mol. The van der Waals surface area contributed by atoms with Crippen LogP contribution in [-0.4, -0.2) is 47.1 Å². The summed E-state index contributed by atoms with van der Waals surface area (Å²) in [5.41, 5.74) is 5.37. The van der Waals surface area contributed by atoms with E-state index in [0.29, 0.717) is 24.8 Å². The molecule has 2 amide bonds. The largest absolute Gasteiger partial charge is 0.446 e. The van der Waals surface area contributed by atoms with Gasteiger partial charge in [0.05, 0.1) is 11.6 Å². The number of hydrogen-bond acceptors (Lipinski definition) is 5. The second-order valence-corrected chi connectivity index (χ2v) is 9.40. The fourth-order valence-corrected chi connectivity index (χ4v) is 6.38. The molecule has 0 aromatic carbocycles. The summed E-state index contributed by atoms with van der Waals surface area (Å²) >= 11 is 0. The van der Waals surface area contributed by atoms with Crippen molar-refractivity contribution in [2.24, 2.45) is 28.9 Å². The highest BCUT2D eigenvalue weighted by atomic mass is 19.1. The summed E-state index contributed by atoms with van der Waals surface area (Å²) in [6, 6.07) is 3.03. The van der Waals surface area contributed by atoms with Crippen LogP contribution in [-0.2, 0) is 9.53 Å². The van der Waals surface area contributed by atoms with E-state index in [4.69, 9.17) is 10.5 Å². The van der Waals surface area contributed by atoms with E-state index in [1.807, 2.05) is 0 Å². The number of carbonyl (C=O) groups is 2. The van der Waals surface area contributed by atoms with Gasteiger partial charge in [-0.15, -0.1) is 0 Å². The van der Waals surface area contributed by atoms with Gasteiger partial charge in [-0.2, -0.15) is 0 Å². The Hall–Kier alpha value is -2.38. The lowest BCUT2D eigenvalue weighted by Gasteiger charge is -2.58. The van der Waals surface area contributed by atoms with E-state index < -0.39 is 0 Å². The molecule has 1 aliphatic heterocycles. The molecular formula is C21H27FN4O3. The zero-order valence-electron chi connectivity index (χ0n) is 16.4. The summed E-state index contributed by atoms with van der Waals surface area (Å²) in [5.74, 6) is 1.09. The lowest BCUT2D eigenvalue weighted by Crippen LogP contribution is -2.59. The Labute approximate surface area is 169 Å². The molecule has 7 nitrogen and oxygen atoms in total. The maximum absolute atomic E-state index is 13.0. The fourth-order valence-electron chi connectivity index (χ4n) is 6.38. The number of likely N-dealkylation sites (tertiary alicyclic amines) is 1. The average Bonchev–Trinajstić information content (AvgIpc) is 3.14. The lowest BCUT2D eigenvalue weighted by molar-refractivity contribution is -0.161. The third kappa shape index (κ3) is 3.32. The van der Waals surface area contributed by atoms with Crippen LogP contribution in [0.15, 0.2) is 18.3 Å². The minimum Gasteiger partial charge on any atom is -0.446 e. The van der Waals surface area contributed by atoms with Crippen LogP contribution in [0.4, 0.5) is 15.0 Å². The van der Waals surface area contributed by atoms with Crippen LogP contribution in [0.25, 0.3) is 0 Å². The highest BCUT2D eigenvalue weighted by Crippen LogP contribution is 2.60. The maximum Gasteiger partial charge on any atom is 0.410 e. The number of anilines is 1. The summed E-state index contributed by atoms with van der Waals surface area (Å²) in [5, 5.41) is 3.25. The molecule has 6 rings (SSSR count). The number of nitrogens with one attached hydrogen (secondary N) is 1. The van der Waals surface area contributed by atoms with Crippen molar-refractivity contribution in [2.45, 2.75) is 50.7 Å². The molecule has 2 unspecified atom stereocenters. The summed E-state index contributed by atoms with van der Waals surface area (Å²) in [4.78, 5) is 30.6. The second-order valence-electron chi connectivity index (χ2n) is 9.40. The number of rotatable bonds is 4. The Morgan fingerprint density at radius 1 is 1.24 bits per heavy atom. The van der Waals surface area contributed by atoms with Gasteiger partial charge in [-0.3, -0.25) is 4.79 Å². The van der Waals surface area contributed by atoms with Gasteiger partial charge in [-0.05, 0) is 68.4 Å². The van der Waals surface area contributed by atoms with E-state index in [-0.39, 0.29) is 47.2 Å². The first kappa shape index (κ1) is 18.6. The molecule has 5 fully saturated rings. The van der Waals surface area contributed by atoms with Gasteiger partial charge < -0.3 is 20.7 Å². The molecule has 4 bridgehead atoms. The molecule has 1 saturated heterocycles. The van der Waals surface area contributed by atoms with E-state index in [2.05, 4.69) is 10.3 Å². The van der Waals surface area contributed by atoms with Crippen LogP contribution in [0.2, 0.25) is 0 Å². The fraction of sp³-hybridized carbons (Fsp3) is 0.667. The summed E-state index contributed by atoms with van der Waals surface area (Å²) < 4.78 is 19.0. The molecule has 8 heteroatoms. The van der Waals surface area contributed by atoms with Crippen molar-refractivity contribution in [1.82, 2.24) is 9.88 Å². The number of primary amides is 1. The van der Waals surface area contributed by atoms with Crippen LogP contribution in [0.3, 0.4) is 0 Å². The Morgan fingerprint density at radius 3 is 2.66 bits per heavy atom. The van der Waals surface area contributed by atoms with Crippen LogP contribution in [0.5, 0.6) is 0 Å². The number of pyridine rings is 1. The molecule has 1 aromatic heterocycles. The van der Waals surface area contributed by atoms with Gasteiger partial charge in [0.2, 0.25) is 5.91 Å². The molecule has 29 heavy (non-hydrogen) atoms. The van der Waals surface area contributed by atoms with Gasteiger partial charge >= 0.3 is 6.09 Å². The first-order valence-corrected chi connectivity index (χ1v) is 10.6. The van der Waals surface area contributed by atoms with Crippen molar-refractivity contribution in [3.63, 3.8) is 0 Å². The van der Waals surface area contributed by atoms with E-state index in [1.54, 1.807) is 11.0 Å². The lowest BCUT2D eigenvalue weighted by atomic mass is 9.48. The first-order chi connectivity index (χ1) is 13.9. The summed E-state index contributed by atoms with van der Waals surface area (Å²) in [6.45, 7) is 1.15. The zero-order valence-corrected chi connectivity index (χ0v) is 16.4. The van der Waals surface area contributed by atoms with E-state index in [9.17, 15) is 14.0 Å². The molecule has 4 aliphatic carbocycles. The molecule has 1 aromatic rings. The minimum atomic E-state index is -0.374. The van der Waals surface area contributed by atoms with Gasteiger partial charge in [0, 0.05) is 19.1 Å². The van der Waals surface area contributed by atoms with Crippen molar-refractivity contribution in [1.29, 1.82) is 0 Å². The maximum atomic E-state index is 13.0. The molecule has 2 heterocycles. The Balaban J connectivity index is 1.19. The van der Waals surface area contributed by atoms with Crippen LogP contribution in [0.1, 0.15) is 38.5 Å². The highest BCUT2D eigenvalue weighted by molar-refractivity contribution is 5.81. The number of nitrogens with zero attached hydrogens (tertiary/aromatic N) is 2. The Bertz CT molecular complexity index is 801. The number of aromatic nitrogens is 1. The highest BCUT2D eigenvalue weighted by Gasteiger charge is 2.59. The van der Waals surface area contributed by atoms with E-state index in [1.165, 1.54) is 12.3 Å². The van der Waals surface area contributed by atoms with Gasteiger partial charge in [0.15, 0.2) is 0 Å². The van der Waals surface area contributed by atoms with Crippen LogP contribution in [0, 0.1) is 29.0 Å². The zero-order chi connectivity index (χ0) is 20.2. The molecule has 4 saturated carbocycles. The molecule has 3 atom stereocenters. The Kier molecular flexibility index (Phi) is 4.40. The third-order valence-electron chi connectivity index (χ3n) is 7.47. The first-order valence-electron chi connectivity index (χ1n) is 10.6. The normalized spacial score (nSPS) is 37.6. The van der Waals surface area contributed by atoms with Crippen molar-refractivity contribution >= 4 is 17.8 Å². The van der Waals surface area contributed by atoms with Gasteiger partial charge in [0.25, 0.3) is 0 Å². The topological polar surface area (TPSA) is 97.6 Å². The van der Waals surface area contributed by atoms with Crippen molar-refractivity contribution in [2.75, 3.05) is 18.4 Å². The van der Waals surface area contributed by atoms with Gasteiger partial charge in [-0.1, -0.05) is 0 Å². The van der Waals surface area contributed by atoms with Gasteiger partial charge in [-0.25, -0.2) is 14.2 Å². The van der Waals surface area contributed by atoms with Crippen molar-refractivity contribution in [3.8, 4) is 0 Å². The quantitative estimate of drug-likeness (QED) is 0.807. The number of nitrogens with two attached hydrogens (primary N) is 1. The summed E-state index contributed by atoms with van der Waals surface area (Å²) in [6.07, 6.45) is 6.08. The molecule has 0 radical (unpaired) electrons. The van der Waals surface area contributed by atoms with Crippen molar-refractivity contribution in [3.05, 3.63) is 24.1 Å². The number of halogens is 1. The summed E-state index contributed by atoms with van der Waals surface area (Å²) in [7, 11) is 0. The second kappa shape index (κ2) is 6.85. The average molecular weight is 402 g/mol. The standard InChI is InChI=1S/C21H27FN4O3/c22-15-1-2-17(24-10-15)25-16-3-4-26(11-16)20(28)29-18-13-5-12-6-14(18)9-21(7-12,8-13)19(23)27/h1-2,10,12-14,16,18H,3-9,11H2,(H2,23,27)(H,24,25)/t12?,13?,14?,16-,18?,21?/m1/s1. The number of amides is 2. The molecule has 5 aliphatic rings. The predicted octanol–water partition coefficient (Wildman–Crippen LogP) is 2.52. The molecule has 3 N–H and O–H groups in total. The van der Waals surface area contributed by atoms with Crippen molar-refractivity contribution < 1.29 is 18.7 Å². The van der Waals surface area contributed by atoms with Crippen LogP contribution < -0.4 is 11.1 Å². The van der Waals surface area contributed by atoms with Gasteiger partial charge in [0.1, 0.15) is 17.7 Å². The molecular weight excluding hydrogens is 375 g/mol. The SMILES string of the molecule is NC(=O)C12CC3CC(C1)C(OC(=O)N1CC[C@@H](Nc4ccc(F)cn4)C1)C(C3)C2. The van der Waals surface area contributed by atoms with E-state index >= 15 is 0 Å². The number of ether oxygens (including phenoxy) is 1. The number of carbonyl (C=O) groups excluding carboxylic acids is 2. The minimum absolute atomic E-state index is 0.0668. The Morgan fingerprint density at radius 2 is 2.00 bits per heavy atom. The smallest absolute Gasteiger partial charge is 0.410 e. The van der Waals surface area contributed by atoms with Crippen LogP contribution >= 0.6 is 0 Å². The predicted molar refractivity (Wildman–Crippen MR) is 103 cm³/mol. The molecule has 0 spiro atoms. The van der Waals surface area contributed by atoms with E-state index in [0.717, 1.165) is 38.5 Å². The molecule has 156 valence electrons.